The first-order chi connectivity index (χ1) is 8.43. The van der Waals surface area contributed by atoms with Crippen molar-refractivity contribution in [3.05, 3.63) is 0 Å². The Balaban J connectivity index is 2.55. The molecule has 5 nitrogen and oxygen atoms in total. The predicted octanol–water partition coefficient (Wildman–Crippen LogP) is 1.42. The minimum Gasteiger partial charge on any atom is -0.462 e. The van der Waals surface area contributed by atoms with Gasteiger partial charge in [-0.25, -0.2) is 0 Å². The van der Waals surface area contributed by atoms with Gasteiger partial charge in [-0.1, -0.05) is 6.92 Å². The van der Waals surface area contributed by atoms with E-state index in [1.807, 2.05) is 6.92 Å². The summed E-state index contributed by atoms with van der Waals surface area (Å²) in [4.78, 5) is 22.6. The smallest absolute Gasteiger partial charge is 0.311 e. The molecule has 0 amide bonds. The number of carbonyl (C=O) groups excluding carboxylic acids is 2. The molecule has 0 aromatic heterocycles. The topological polar surface area (TPSA) is 72.8 Å². The number of carbonyl (C=O) groups is 2. The van der Waals surface area contributed by atoms with E-state index in [9.17, 15) is 14.7 Å². The first-order valence-electron chi connectivity index (χ1n) is 6.49. The number of cyclic esters (lactones) is 1. The van der Waals surface area contributed by atoms with Gasteiger partial charge in [0.1, 0.15) is 12.2 Å². The number of esters is 2. The standard InChI is InChI=1S/C13H22O5/c1-4-10(17-9(3)14)7-11-5-6-12(15)8(2)13(16)18-11/h8,10-12,15H,4-7H2,1-3H3/t8-,10-,11+,12+/m1/s1. The van der Waals surface area contributed by atoms with E-state index in [-0.39, 0.29) is 24.1 Å². The van der Waals surface area contributed by atoms with Crippen LogP contribution in [0.2, 0.25) is 0 Å². The van der Waals surface area contributed by atoms with Crippen LogP contribution >= 0.6 is 0 Å². The third-order valence-electron chi connectivity index (χ3n) is 3.33. The first kappa shape index (κ1) is 15.0. The Morgan fingerprint density at radius 2 is 2.22 bits per heavy atom. The van der Waals surface area contributed by atoms with Crippen LogP contribution in [0.3, 0.4) is 0 Å². The van der Waals surface area contributed by atoms with Gasteiger partial charge in [0.15, 0.2) is 0 Å². The monoisotopic (exact) mass is 258 g/mol. The lowest BCUT2D eigenvalue weighted by Gasteiger charge is -2.21. The summed E-state index contributed by atoms with van der Waals surface area (Å²) < 4.78 is 10.5. The van der Waals surface area contributed by atoms with Crippen LogP contribution in [0.5, 0.6) is 0 Å². The van der Waals surface area contributed by atoms with Crippen LogP contribution < -0.4 is 0 Å². The molecule has 0 aromatic rings. The minimum atomic E-state index is -0.642. The van der Waals surface area contributed by atoms with Crippen LogP contribution in [0.4, 0.5) is 0 Å². The molecule has 1 aliphatic heterocycles. The number of ether oxygens (including phenoxy) is 2. The Kier molecular flexibility index (Phi) is 5.59. The molecule has 0 saturated carbocycles. The fourth-order valence-corrected chi connectivity index (χ4v) is 2.09. The Morgan fingerprint density at radius 1 is 1.56 bits per heavy atom. The maximum absolute atomic E-state index is 11.6. The zero-order valence-corrected chi connectivity index (χ0v) is 11.2. The molecule has 0 bridgehead atoms. The van der Waals surface area contributed by atoms with Crippen LogP contribution in [0.25, 0.3) is 0 Å². The fourth-order valence-electron chi connectivity index (χ4n) is 2.09. The van der Waals surface area contributed by atoms with E-state index in [2.05, 4.69) is 0 Å². The lowest BCUT2D eigenvalue weighted by molar-refractivity contribution is -0.157. The third kappa shape index (κ3) is 4.29. The maximum Gasteiger partial charge on any atom is 0.311 e. The van der Waals surface area contributed by atoms with Crippen molar-refractivity contribution in [2.24, 2.45) is 5.92 Å². The quantitative estimate of drug-likeness (QED) is 0.772. The number of aliphatic hydroxyl groups excluding tert-OH is 1. The maximum atomic E-state index is 11.6. The number of rotatable bonds is 4. The summed E-state index contributed by atoms with van der Waals surface area (Å²) in [6.45, 7) is 4.95. The highest BCUT2D eigenvalue weighted by Gasteiger charge is 2.32. The van der Waals surface area contributed by atoms with Crippen LogP contribution in [-0.2, 0) is 19.1 Å². The van der Waals surface area contributed by atoms with Gasteiger partial charge in [-0.05, 0) is 26.2 Å². The molecule has 0 aromatic carbocycles. The molecule has 104 valence electrons. The third-order valence-corrected chi connectivity index (χ3v) is 3.33. The summed E-state index contributed by atoms with van der Waals surface area (Å²) >= 11 is 0. The molecule has 0 unspecified atom stereocenters. The highest BCUT2D eigenvalue weighted by Crippen LogP contribution is 2.23. The largest absolute Gasteiger partial charge is 0.462 e. The first-order valence-corrected chi connectivity index (χ1v) is 6.49. The number of aliphatic hydroxyl groups is 1. The van der Waals surface area contributed by atoms with Crippen molar-refractivity contribution in [3.63, 3.8) is 0 Å². The Bertz CT molecular complexity index is 302. The second-order valence-corrected chi connectivity index (χ2v) is 4.87. The van der Waals surface area contributed by atoms with Crippen molar-refractivity contribution in [3.8, 4) is 0 Å². The zero-order chi connectivity index (χ0) is 13.7. The van der Waals surface area contributed by atoms with Gasteiger partial charge in [-0.15, -0.1) is 0 Å². The predicted molar refractivity (Wildman–Crippen MR) is 64.7 cm³/mol. The summed E-state index contributed by atoms with van der Waals surface area (Å²) in [5.41, 5.74) is 0. The molecule has 1 N–H and O–H groups in total. The summed E-state index contributed by atoms with van der Waals surface area (Å²) in [6, 6.07) is 0. The van der Waals surface area contributed by atoms with Gasteiger partial charge in [-0.3, -0.25) is 9.59 Å². The van der Waals surface area contributed by atoms with E-state index in [4.69, 9.17) is 9.47 Å². The molecule has 18 heavy (non-hydrogen) atoms. The molecule has 1 fully saturated rings. The molecular weight excluding hydrogens is 236 g/mol. The molecule has 1 aliphatic rings. The number of hydrogen-bond acceptors (Lipinski definition) is 5. The second kappa shape index (κ2) is 6.73. The van der Waals surface area contributed by atoms with Crippen molar-refractivity contribution in [2.75, 3.05) is 0 Å². The van der Waals surface area contributed by atoms with E-state index in [0.717, 1.165) is 0 Å². The van der Waals surface area contributed by atoms with Gasteiger partial charge in [0.25, 0.3) is 0 Å². The molecule has 1 rings (SSSR count). The average Bonchev–Trinajstić information content (AvgIpc) is 2.42. The zero-order valence-electron chi connectivity index (χ0n) is 11.2. The van der Waals surface area contributed by atoms with Gasteiger partial charge < -0.3 is 14.6 Å². The van der Waals surface area contributed by atoms with Gasteiger partial charge >= 0.3 is 11.9 Å². The van der Waals surface area contributed by atoms with E-state index in [1.54, 1.807) is 6.92 Å². The Morgan fingerprint density at radius 3 is 2.78 bits per heavy atom. The normalized spacial score (nSPS) is 30.2. The van der Waals surface area contributed by atoms with E-state index >= 15 is 0 Å². The summed E-state index contributed by atoms with van der Waals surface area (Å²) in [5.74, 6) is -1.18. The van der Waals surface area contributed by atoms with Gasteiger partial charge in [0.05, 0.1) is 12.0 Å². The minimum absolute atomic E-state index is 0.231. The summed E-state index contributed by atoms with van der Waals surface area (Å²) in [7, 11) is 0. The molecule has 5 heteroatoms. The lowest BCUT2D eigenvalue weighted by atomic mass is 9.99. The highest BCUT2D eigenvalue weighted by molar-refractivity contribution is 5.73. The highest BCUT2D eigenvalue weighted by atomic mass is 16.6. The molecule has 0 radical (unpaired) electrons. The van der Waals surface area contributed by atoms with E-state index in [1.165, 1.54) is 6.92 Å². The van der Waals surface area contributed by atoms with Crippen molar-refractivity contribution in [1.29, 1.82) is 0 Å². The fraction of sp³-hybridized carbons (Fsp3) is 0.846. The molecule has 0 spiro atoms. The van der Waals surface area contributed by atoms with Crippen molar-refractivity contribution in [1.82, 2.24) is 0 Å². The summed E-state index contributed by atoms with van der Waals surface area (Å²) in [5, 5.41) is 9.70. The number of hydrogen-bond donors (Lipinski definition) is 1. The summed E-state index contributed by atoms with van der Waals surface area (Å²) in [6.07, 6.45) is 1.18. The van der Waals surface area contributed by atoms with Gasteiger partial charge in [0.2, 0.25) is 0 Å². The van der Waals surface area contributed by atoms with Crippen LogP contribution in [0.15, 0.2) is 0 Å². The van der Waals surface area contributed by atoms with Crippen molar-refractivity contribution in [2.45, 2.75) is 64.8 Å². The van der Waals surface area contributed by atoms with Crippen LogP contribution in [0.1, 0.15) is 46.5 Å². The second-order valence-electron chi connectivity index (χ2n) is 4.87. The molecular formula is C13H22O5. The molecule has 4 atom stereocenters. The molecule has 0 aliphatic carbocycles. The van der Waals surface area contributed by atoms with Crippen LogP contribution in [0, 0.1) is 5.92 Å². The van der Waals surface area contributed by atoms with Crippen LogP contribution in [-0.4, -0.2) is 35.4 Å². The van der Waals surface area contributed by atoms with E-state index < -0.39 is 12.0 Å². The average molecular weight is 258 g/mol. The van der Waals surface area contributed by atoms with Crippen molar-refractivity contribution < 1.29 is 24.2 Å². The Hall–Kier alpha value is -1.10. The van der Waals surface area contributed by atoms with E-state index in [0.29, 0.717) is 25.7 Å². The molecule has 1 saturated heterocycles. The SMILES string of the molecule is CC[C@H](C[C@@H]1CC[C@H](O)[C@@H](C)C(=O)O1)OC(C)=O. The molecule has 1 heterocycles. The van der Waals surface area contributed by atoms with Gasteiger partial charge in [0, 0.05) is 13.3 Å². The Labute approximate surface area is 107 Å². The van der Waals surface area contributed by atoms with Gasteiger partial charge in [-0.2, -0.15) is 0 Å². The van der Waals surface area contributed by atoms with Crippen molar-refractivity contribution >= 4 is 11.9 Å². The lowest BCUT2D eigenvalue weighted by Crippen LogP contribution is -2.27.